The van der Waals surface area contributed by atoms with E-state index in [4.69, 9.17) is 5.11 Å². The standard InChI is InChI=1S/C12H21N3O3S/c1-8-15(10(7-19-8)11(16)17)12(18)13-9-4-3-5-14(2)6-9/h8-10H,3-7H2,1-2H3,(H,13,18)(H,16,17). The Bertz CT molecular complexity index is 366. The van der Waals surface area contributed by atoms with Crippen molar-refractivity contribution in [2.45, 2.75) is 37.2 Å². The minimum atomic E-state index is -0.923. The van der Waals surface area contributed by atoms with Gasteiger partial charge in [-0.1, -0.05) is 0 Å². The monoisotopic (exact) mass is 287 g/mol. The number of aliphatic carboxylic acids is 1. The predicted octanol–water partition coefficient (Wildman–Crippen LogP) is 0.638. The summed E-state index contributed by atoms with van der Waals surface area (Å²) in [5, 5.41) is 12.0. The lowest BCUT2D eigenvalue weighted by Crippen LogP contribution is -2.54. The van der Waals surface area contributed by atoms with Crippen LogP contribution >= 0.6 is 11.8 Å². The first kappa shape index (κ1) is 14.5. The van der Waals surface area contributed by atoms with Gasteiger partial charge in [0.1, 0.15) is 6.04 Å². The Morgan fingerprint density at radius 2 is 2.16 bits per heavy atom. The molecule has 2 saturated heterocycles. The van der Waals surface area contributed by atoms with Crippen LogP contribution in [-0.4, -0.2) is 70.3 Å². The highest BCUT2D eigenvalue weighted by Gasteiger charge is 2.40. The Hall–Kier alpha value is -0.950. The third-order valence-electron chi connectivity index (χ3n) is 3.69. The van der Waals surface area contributed by atoms with Crippen LogP contribution in [0.4, 0.5) is 4.79 Å². The van der Waals surface area contributed by atoms with Crippen molar-refractivity contribution < 1.29 is 14.7 Å². The molecule has 0 aromatic rings. The fraction of sp³-hybridized carbons (Fsp3) is 0.833. The number of carbonyl (C=O) groups excluding carboxylic acids is 1. The largest absolute Gasteiger partial charge is 0.480 e. The number of nitrogens with one attached hydrogen (secondary N) is 1. The third-order valence-corrected chi connectivity index (χ3v) is 4.91. The highest BCUT2D eigenvalue weighted by molar-refractivity contribution is 8.00. The molecule has 0 saturated carbocycles. The van der Waals surface area contributed by atoms with Crippen molar-refractivity contribution in [2.24, 2.45) is 0 Å². The van der Waals surface area contributed by atoms with E-state index in [-0.39, 0.29) is 17.4 Å². The molecule has 3 atom stereocenters. The summed E-state index contributed by atoms with van der Waals surface area (Å²) in [6.07, 6.45) is 2.03. The average molecular weight is 287 g/mol. The SMILES string of the molecule is CC1SCC(C(=O)O)N1C(=O)NC1CCCN(C)C1. The van der Waals surface area contributed by atoms with E-state index in [9.17, 15) is 9.59 Å². The summed E-state index contributed by atoms with van der Waals surface area (Å²) in [7, 11) is 2.03. The number of rotatable bonds is 2. The van der Waals surface area contributed by atoms with E-state index in [0.29, 0.717) is 5.75 Å². The van der Waals surface area contributed by atoms with E-state index in [0.717, 1.165) is 25.9 Å². The number of urea groups is 1. The fourth-order valence-electron chi connectivity index (χ4n) is 2.67. The van der Waals surface area contributed by atoms with Crippen LogP contribution in [0.5, 0.6) is 0 Å². The normalized spacial score (nSPS) is 32.3. The lowest BCUT2D eigenvalue weighted by molar-refractivity contribution is -0.141. The van der Waals surface area contributed by atoms with Crippen molar-refractivity contribution >= 4 is 23.8 Å². The van der Waals surface area contributed by atoms with Gasteiger partial charge in [-0.15, -0.1) is 11.8 Å². The number of hydrogen-bond acceptors (Lipinski definition) is 4. The van der Waals surface area contributed by atoms with Crippen LogP contribution in [0.1, 0.15) is 19.8 Å². The molecular formula is C12H21N3O3S. The second-order valence-corrected chi connectivity index (χ2v) is 6.59. The van der Waals surface area contributed by atoms with Gasteiger partial charge in [-0.2, -0.15) is 0 Å². The van der Waals surface area contributed by atoms with Crippen LogP contribution in [0.25, 0.3) is 0 Å². The van der Waals surface area contributed by atoms with Crippen molar-refractivity contribution in [1.82, 2.24) is 15.1 Å². The zero-order chi connectivity index (χ0) is 14.0. The van der Waals surface area contributed by atoms with Gasteiger partial charge in [0.05, 0.1) is 5.37 Å². The molecular weight excluding hydrogens is 266 g/mol. The van der Waals surface area contributed by atoms with Crippen LogP contribution in [0.3, 0.4) is 0 Å². The van der Waals surface area contributed by atoms with Gasteiger partial charge in [0.25, 0.3) is 0 Å². The molecule has 0 aliphatic carbocycles. The number of carboxylic acid groups (broad SMARTS) is 1. The van der Waals surface area contributed by atoms with Crippen LogP contribution in [0.15, 0.2) is 0 Å². The summed E-state index contributed by atoms with van der Waals surface area (Å²) in [5.41, 5.74) is 0. The van der Waals surface area contributed by atoms with E-state index >= 15 is 0 Å². The van der Waals surface area contributed by atoms with E-state index in [1.165, 1.54) is 16.7 Å². The maximum atomic E-state index is 12.3. The van der Waals surface area contributed by atoms with Gasteiger partial charge in [0.2, 0.25) is 0 Å². The topological polar surface area (TPSA) is 72.9 Å². The van der Waals surface area contributed by atoms with Gasteiger partial charge in [-0.05, 0) is 33.4 Å². The summed E-state index contributed by atoms with van der Waals surface area (Å²) in [4.78, 5) is 27.1. The molecule has 3 unspecified atom stereocenters. The molecule has 2 N–H and O–H groups in total. The Morgan fingerprint density at radius 1 is 1.42 bits per heavy atom. The Morgan fingerprint density at radius 3 is 2.79 bits per heavy atom. The van der Waals surface area contributed by atoms with Crippen LogP contribution in [0, 0.1) is 0 Å². The Balaban J connectivity index is 1.96. The number of likely N-dealkylation sites (tertiary alicyclic amines) is 1. The lowest BCUT2D eigenvalue weighted by Gasteiger charge is -2.33. The molecule has 0 aromatic heterocycles. The highest BCUT2D eigenvalue weighted by atomic mass is 32.2. The quantitative estimate of drug-likeness (QED) is 0.780. The predicted molar refractivity (Wildman–Crippen MR) is 74.2 cm³/mol. The van der Waals surface area contributed by atoms with Gasteiger partial charge in [-0.25, -0.2) is 9.59 Å². The number of piperidine rings is 1. The highest BCUT2D eigenvalue weighted by Crippen LogP contribution is 2.28. The van der Waals surface area contributed by atoms with Gasteiger partial charge in [0.15, 0.2) is 0 Å². The second-order valence-electron chi connectivity index (χ2n) is 5.24. The van der Waals surface area contributed by atoms with Crippen LogP contribution in [0.2, 0.25) is 0 Å². The van der Waals surface area contributed by atoms with Gasteiger partial charge in [0, 0.05) is 18.3 Å². The molecule has 19 heavy (non-hydrogen) atoms. The summed E-state index contributed by atoms with van der Waals surface area (Å²) in [6, 6.07) is -0.829. The van der Waals surface area contributed by atoms with Gasteiger partial charge >= 0.3 is 12.0 Å². The molecule has 108 valence electrons. The smallest absolute Gasteiger partial charge is 0.327 e. The van der Waals surface area contributed by atoms with E-state index < -0.39 is 12.0 Å². The van der Waals surface area contributed by atoms with Crippen molar-refractivity contribution in [1.29, 1.82) is 0 Å². The molecule has 0 spiro atoms. The third kappa shape index (κ3) is 3.33. The minimum Gasteiger partial charge on any atom is -0.480 e. The molecule has 2 heterocycles. The molecule has 2 aliphatic heterocycles. The molecule has 0 radical (unpaired) electrons. The Kier molecular flexibility index (Phi) is 4.57. The molecule has 2 aliphatic rings. The number of carboxylic acids is 1. The van der Waals surface area contributed by atoms with E-state index in [1.807, 2.05) is 14.0 Å². The summed E-state index contributed by atoms with van der Waals surface area (Å²) in [6.45, 7) is 3.76. The van der Waals surface area contributed by atoms with Crippen LogP contribution < -0.4 is 5.32 Å². The first-order chi connectivity index (χ1) is 8.99. The number of hydrogen-bond donors (Lipinski definition) is 2. The summed E-state index contributed by atoms with van der Waals surface area (Å²) in [5.74, 6) is -0.457. The number of carbonyl (C=O) groups is 2. The number of thioether (sulfide) groups is 1. The first-order valence-corrected chi connectivity index (χ1v) is 7.65. The van der Waals surface area contributed by atoms with Crippen molar-refractivity contribution in [3.63, 3.8) is 0 Å². The number of amides is 2. The summed E-state index contributed by atoms with van der Waals surface area (Å²) < 4.78 is 0. The van der Waals surface area contributed by atoms with Crippen molar-refractivity contribution in [2.75, 3.05) is 25.9 Å². The molecule has 0 aromatic carbocycles. The second kappa shape index (κ2) is 6.00. The fourth-order valence-corrected chi connectivity index (χ4v) is 3.84. The average Bonchev–Trinajstić information content (AvgIpc) is 2.71. The molecule has 0 bridgehead atoms. The maximum Gasteiger partial charge on any atom is 0.327 e. The van der Waals surface area contributed by atoms with Gasteiger partial charge < -0.3 is 15.3 Å². The summed E-state index contributed by atoms with van der Waals surface area (Å²) >= 11 is 1.51. The first-order valence-electron chi connectivity index (χ1n) is 6.61. The zero-order valence-electron chi connectivity index (χ0n) is 11.3. The Labute approximate surface area is 117 Å². The molecule has 7 heteroatoms. The lowest BCUT2D eigenvalue weighted by atomic mass is 10.1. The van der Waals surface area contributed by atoms with E-state index in [2.05, 4.69) is 10.2 Å². The van der Waals surface area contributed by atoms with Gasteiger partial charge in [-0.3, -0.25) is 4.90 Å². The van der Waals surface area contributed by atoms with Crippen molar-refractivity contribution in [3.8, 4) is 0 Å². The molecule has 2 rings (SSSR count). The van der Waals surface area contributed by atoms with Crippen molar-refractivity contribution in [3.05, 3.63) is 0 Å². The molecule has 2 amide bonds. The zero-order valence-corrected chi connectivity index (χ0v) is 12.2. The number of likely N-dealkylation sites (N-methyl/N-ethyl adjacent to an activating group) is 1. The maximum absolute atomic E-state index is 12.3. The minimum absolute atomic E-state index is 0.0811. The number of nitrogens with zero attached hydrogens (tertiary/aromatic N) is 2. The molecule has 6 nitrogen and oxygen atoms in total. The van der Waals surface area contributed by atoms with Crippen LogP contribution in [-0.2, 0) is 4.79 Å². The molecule has 2 fully saturated rings. The van der Waals surface area contributed by atoms with E-state index in [1.54, 1.807) is 0 Å².